The second-order valence-electron chi connectivity index (χ2n) is 12.1. The molecule has 0 fully saturated rings. The molecule has 0 aliphatic heterocycles. The molecule has 0 radical (unpaired) electrons. The molecule has 0 amide bonds. The monoisotopic (exact) mass is 490 g/mol. The number of rotatable bonds is 29. The first-order valence-electron chi connectivity index (χ1n) is 16.6. The first-order chi connectivity index (χ1) is 17.2. The standard InChI is InChI=1S/C34H67N/c1-4-5-6-7-18-21-24-28-33(2)30-27-31-34(3)29-25-22-19-16-14-12-10-8-9-11-13-15-17-20-23-26-32-35/h33-34H,4-31H2,1-3H3. The summed E-state index contributed by atoms with van der Waals surface area (Å²) in [6, 6.07) is 2.24. The van der Waals surface area contributed by atoms with Crippen molar-refractivity contribution in [3.8, 4) is 6.07 Å². The van der Waals surface area contributed by atoms with E-state index in [-0.39, 0.29) is 0 Å². The van der Waals surface area contributed by atoms with E-state index in [2.05, 4.69) is 26.8 Å². The topological polar surface area (TPSA) is 23.8 Å². The number of nitrogens with zero attached hydrogens (tertiary/aromatic N) is 1. The summed E-state index contributed by atoms with van der Waals surface area (Å²) in [5, 5.41) is 8.53. The lowest BCUT2D eigenvalue weighted by molar-refractivity contribution is 0.390. The molecule has 208 valence electrons. The Hall–Kier alpha value is -0.510. The van der Waals surface area contributed by atoms with Crippen molar-refractivity contribution in [1.82, 2.24) is 0 Å². The van der Waals surface area contributed by atoms with E-state index < -0.39 is 0 Å². The van der Waals surface area contributed by atoms with Crippen molar-refractivity contribution in [2.24, 2.45) is 11.8 Å². The van der Waals surface area contributed by atoms with Gasteiger partial charge in [-0.2, -0.15) is 5.26 Å². The Morgan fingerprint density at radius 3 is 1.03 bits per heavy atom. The van der Waals surface area contributed by atoms with Gasteiger partial charge in [0.05, 0.1) is 6.07 Å². The second kappa shape index (κ2) is 29.7. The normalized spacial score (nSPS) is 13.1. The van der Waals surface area contributed by atoms with Gasteiger partial charge in [0.2, 0.25) is 0 Å². The van der Waals surface area contributed by atoms with Crippen molar-refractivity contribution in [2.45, 2.75) is 201 Å². The van der Waals surface area contributed by atoms with Crippen LogP contribution in [0, 0.1) is 23.2 Å². The summed E-state index contributed by atoms with van der Waals surface area (Å²) in [7, 11) is 0. The minimum absolute atomic E-state index is 0.748. The molecule has 0 aliphatic carbocycles. The van der Waals surface area contributed by atoms with Crippen LogP contribution in [0.15, 0.2) is 0 Å². The third-order valence-corrected chi connectivity index (χ3v) is 8.18. The van der Waals surface area contributed by atoms with Crippen LogP contribution in [0.1, 0.15) is 201 Å². The van der Waals surface area contributed by atoms with Gasteiger partial charge in [0.15, 0.2) is 0 Å². The average Bonchev–Trinajstić information content (AvgIpc) is 2.85. The van der Waals surface area contributed by atoms with Gasteiger partial charge in [-0.15, -0.1) is 0 Å². The largest absolute Gasteiger partial charge is 0.198 e. The van der Waals surface area contributed by atoms with Crippen LogP contribution < -0.4 is 0 Å². The van der Waals surface area contributed by atoms with Crippen LogP contribution in [0.25, 0.3) is 0 Å². The molecule has 0 aliphatic rings. The maximum atomic E-state index is 8.53. The minimum Gasteiger partial charge on any atom is -0.198 e. The quantitative estimate of drug-likeness (QED) is 0.0958. The van der Waals surface area contributed by atoms with E-state index in [4.69, 9.17) is 5.26 Å². The zero-order chi connectivity index (χ0) is 25.7. The molecular weight excluding hydrogens is 422 g/mol. The molecule has 0 saturated heterocycles. The lowest BCUT2D eigenvalue weighted by Crippen LogP contribution is -1.99. The van der Waals surface area contributed by atoms with Crippen molar-refractivity contribution in [3.05, 3.63) is 0 Å². The zero-order valence-corrected chi connectivity index (χ0v) is 24.9. The molecule has 0 N–H and O–H groups in total. The molecule has 0 heterocycles. The number of hydrogen-bond acceptors (Lipinski definition) is 1. The van der Waals surface area contributed by atoms with E-state index in [1.807, 2.05) is 0 Å². The lowest BCUT2D eigenvalue weighted by Gasteiger charge is -2.14. The summed E-state index contributed by atoms with van der Waals surface area (Å²) in [5.41, 5.74) is 0. The van der Waals surface area contributed by atoms with E-state index in [0.29, 0.717) is 0 Å². The number of hydrogen-bond donors (Lipinski definition) is 0. The van der Waals surface area contributed by atoms with Gasteiger partial charge < -0.3 is 0 Å². The van der Waals surface area contributed by atoms with Crippen LogP contribution in [0.3, 0.4) is 0 Å². The lowest BCUT2D eigenvalue weighted by atomic mass is 9.92. The summed E-state index contributed by atoms with van der Waals surface area (Å²) < 4.78 is 0. The summed E-state index contributed by atoms with van der Waals surface area (Å²) in [6.45, 7) is 7.29. The van der Waals surface area contributed by atoms with Crippen LogP contribution in [0.4, 0.5) is 0 Å². The molecular formula is C34H67N. The summed E-state index contributed by atoms with van der Waals surface area (Å²) in [4.78, 5) is 0. The molecule has 0 rings (SSSR count). The smallest absolute Gasteiger partial charge is 0.0621 e. The van der Waals surface area contributed by atoms with Crippen LogP contribution in [0.5, 0.6) is 0 Å². The van der Waals surface area contributed by atoms with E-state index >= 15 is 0 Å². The maximum absolute atomic E-state index is 8.53. The first-order valence-corrected chi connectivity index (χ1v) is 16.6. The molecule has 0 spiro atoms. The van der Waals surface area contributed by atoms with Crippen LogP contribution in [0.2, 0.25) is 0 Å². The molecule has 1 heteroatoms. The van der Waals surface area contributed by atoms with E-state index in [9.17, 15) is 0 Å². The Kier molecular flexibility index (Phi) is 29.3. The fraction of sp³-hybridized carbons (Fsp3) is 0.971. The number of nitriles is 1. The highest BCUT2D eigenvalue weighted by atomic mass is 14.2. The van der Waals surface area contributed by atoms with Gasteiger partial charge in [0.1, 0.15) is 0 Å². The fourth-order valence-electron chi connectivity index (χ4n) is 5.55. The van der Waals surface area contributed by atoms with Crippen molar-refractivity contribution < 1.29 is 0 Å². The average molecular weight is 490 g/mol. The third kappa shape index (κ3) is 29.6. The molecule has 0 aromatic heterocycles. The van der Waals surface area contributed by atoms with Crippen molar-refractivity contribution in [1.29, 1.82) is 5.26 Å². The van der Waals surface area contributed by atoms with Gasteiger partial charge in [-0.25, -0.2) is 0 Å². The van der Waals surface area contributed by atoms with E-state index in [1.165, 1.54) is 167 Å². The Balaban J connectivity index is 3.24. The van der Waals surface area contributed by atoms with Crippen LogP contribution >= 0.6 is 0 Å². The molecule has 2 atom stereocenters. The molecule has 2 unspecified atom stereocenters. The van der Waals surface area contributed by atoms with Crippen molar-refractivity contribution >= 4 is 0 Å². The molecule has 0 saturated carbocycles. The van der Waals surface area contributed by atoms with Crippen molar-refractivity contribution in [2.75, 3.05) is 0 Å². The summed E-state index contributed by atoms with van der Waals surface area (Å²) in [6.07, 6.45) is 39.2. The highest BCUT2D eigenvalue weighted by Gasteiger charge is 2.06. The SMILES string of the molecule is CCCCCCCCCC(C)CCCC(C)CCCCCCCCCCCCCCCCCC#N. The zero-order valence-electron chi connectivity index (χ0n) is 24.9. The van der Waals surface area contributed by atoms with Crippen LogP contribution in [-0.4, -0.2) is 0 Å². The molecule has 0 aromatic rings. The predicted octanol–water partition coefficient (Wildman–Crippen LogP) is 12.7. The Morgan fingerprint density at radius 2 is 0.686 bits per heavy atom. The summed E-state index contributed by atoms with van der Waals surface area (Å²) in [5.74, 6) is 1.89. The van der Waals surface area contributed by atoms with Gasteiger partial charge in [0.25, 0.3) is 0 Å². The van der Waals surface area contributed by atoms with E-state index in [1.54, 1.807) is 0 Å². The molecule has 0 aromatic carbocycles. The van der Waals surface area contributed by atoms with Gasteiger partial charge >= 0.3 is 0 Å². The van der Waals surface area contributed by atoms with E-state index in [0.717, 1.165) is 24.7 Å². The van der Waals surface area contributed by atoms with Gasteiger partial charge in [0, 0.05) is 6.42 Å². The van der Waals surface area contributed by atoms with Gasteiger partial charge in [-0.05, 0) is 18.3 Å². The fourth-order valence-corrected chi connectivity index (χ4v) is 5.55. The molecule has 0 bridgehead atoms. The third-order valence-electron chi connectivity index (χ3n) is 8.18. The number of unbranched alkanes of at least 4 members (excludes halogenated alkanes) is 21. The second-order valence-corrected chi connectivity index (χ2v) is 12.1. The highest BCUT2D eigenvalue weighted by Crippen LogP contribution is 2.22. The minimum atomic E-state index is 0.748. The summed E-state index contributed by atoms with van der Waals surface area (Å²) >= 11 is 0. The molecule has 1 nitrogen and oxygen atoms in total. The Morgan fingerprint density at radius 1 is 0.400 bits per heavy atom. The van der Waals surface area contributed by atoms with Gasteiger partial charge in [-0.3, -0.25) is 0 Å². The highest BCUT2D eigenvalue weighted by molar-refractivity contribution is 4.67. The Bertz CT molecular complexity index is 423. The first kappa shape index (κ1) is 34.5. The Labute approximate surface area is 223 Å². The maximum Gasteiger partial charge on any atom is 0.0621 e. The van der Waals surface area contributed by atoms with Crippen LogP contribution in [-0.2, 0) is 0 Å². The van der Waals surface area contributed by atoms with Crippen molar-refractivity contribution in [3.63, 3.8) is 0 Å². The molecule has 35 heavy (non-hydrogen) atoms. The predicted molar refractivity (Wildman–Crippen MR) is 159 cm³/mol. The van der Waals surface area contributed by atoms with Gasteiger partial charge in [-0.1, -0.05) is 188 Å².